The van der Waals surface area contributed by atoms with Gasteiger partial charge in [-0.2, -0.15) is 0 Å². The van der Waals surface area contributed by atoms with Gasteiger partial charge >= 0.3 is 0 Å². The summed E-state index contributed by atoms with van der Waals surface area (Å²) >= 11 is 3.38. The lowest BCUT2D eigenvalue weighted by molar-refractivity contribution is 0.166. The maximum atomic E-state index is 9.58. The van der Waals surface area contributed by atoms with E-state index in [0.29, 0.717) is 13.2 Å². The Kier molecular flexibility index (Phi) is 5.80. The molecular weight excluding hydrogens is 272 g/mol. The molecule has 1 N–H and O–H groups in total. The fraction of sp³-hybridized carbons (Fsp3) is 0.500. The third-order valence-corrected chi connectivity index (χ3v) is 2.67. The highest BCUT2D eigenvalue weighted by Gasteiger charge is 2.09. The van der Waals surface area contributed by atoms with E-state index in [4.69, 9.17) is 9.47 Å². The molecule has 0 aliphatic rings. The van der Waals surface area contributed by atoms with Gasteiger partial charge in [-0.25, -0.2) is 0 Å². The van der Waals surface area contributed by atoms with Gasteiger partial charge in [0.15, 0.2) is 0 Å². The molecule has 90 valence electrons. The van der Waals surface area contributed by atoms with Crippen LogP contribution in [-0.2, 0) is 4.74 Å². The second-order valence-electron chi connectivity index (χ2n) is 3.55. The zero-order chi connectivity index (χ0) is 12.0. The Hall–Kier alpha value is -0.580. The van der Waals surface area contributed by atoms with Crippen molar-refractivity contribution in [3.63, 3.8) is 0 Å². The molecule has 0 aromatic heterocycles. The van der Waals surface area contributed by atoms with Crippen LogP contribution in [0.4, 0.5) is 0 Å². The van der Waals surface area contributed by atoms with E-state index in [1.807, 2.05) is 18.2 Å². The van der Waals surface area contributed by atoms with Crippen molar-refractivity contribution in [1.29, 1.82) is 0 Å². The van der Waals surface area contributed by atoms with Gasteiger partial charge < -0.3 is 14.6 Å². The molecule has 0 saturated carbocycles. The average Bonchev–Trinajstić information content (AvgIpc) is 2.24. The second-order valence-corrected chi connectivity index (χ2v) is 4.47. The minimum Gasteiger partial charge on any atom is -0.493 e. The Labute approximate surface area is 105 Å². The number of halogens is 1. The van der Waals surface area contributed by atoms with Crippen molar-refractivity contribution in [1.82, 2.24) is 0 Å². The van der Waals surface area contributed by atoms with Gasteiger partial charge in [-0.05, 0) is 19.1 Å². The first-order valence-electron chi connectivity index (χ1n) is 5.24. The number of benzene rings is 1. The Morgan fingerprint density at radius 3 is 2.75 bits per heavy atom. The summed E-state index contributed by atoms with van der Waals surface area (Å²) in [4.78, 5) is 0. The van der Waals surface area contributed by atoms with Gasteiger partial charge in [-0.1, -0.05) is 22.0 Å². The van der Waals surface area contributed by atoms with Crippen molar-refractivity contribution in [3.05, 3.63) is 28.2 Å². The monoisotopic (exact) mass is 288 g/mol. The quantitative estimate of drug-likeness (QED) is 0.818. The summed E-state index contributed by atoms with van der Waals surface area (Å²) in [6.45, 7) is 2.99. The topological polar surface area (TPSA) is 38.7 Å². The minimum atomic E-state index is -0.523. The van der Waals surface area contributed by atoms with Crippen LogP contribution in [0.3, 0.4) is 0 Å². The first-order chi connectivity index (χ1) is 7.65. The molecule has 1 rings (SSSR count). The molecule has 0 bridgehead atoms. The summed E-state index contributed by atoms with van der Waals surface area (Å²) in [5.41, 5.74) is 0.806. The Balaban J connectivity index is 2.65. The van der Waals surface area contributed by atoms with Crippen LogP contribution in [0.15, 0.2) is 22.7 Å². The van der Waals surface area contributed by atoms with Gasteiger partial charge in [-0.3, -0.25) is 0 Å². The first kappa shape index (κ1) is 13.5. The van der Waals surface area contributed by atoms with E-state index in [9.17, 15) is 5.11 Å². The summed E-state index contributed by atoms with van der Waals surface area (Å²) in [7, 11) is 1.67. The third-order valence-electron chi connectivity index (χ3n) is 2.18. The molecule has 1 aromatic carbocycles. The molecule has 1 unspecified atom stereocenters. The molecule has 0 aliphatic heterocycles. The van der Waals surface area contributed by atoms with E-state index >= 15 is 0 Å². The molecule has 3 nitrogen and oxygen atoms in total. The summed E-state index contributed by atoms with van der Waals surface area (Å²) in [5.74, 6) is 0.723. The third kappa shape index (κ3) is 4.12. The number of methoxy groups -OCH3 is 1. The molecule has 1 atom stereocenters. The molecule has 4 heteroatoms. The van der Waals surface area contributed by atoms with Gasteiger partial charge in [0, 0.05) is 30.2 Å². The molecule has 0 saturated heterocycles. The highest BCUT2D eigenvalue weighted by Crippen LogP contribution is 2.28. The Morgan fingerprint density at radius 2 is 2.12 bits per heavy atom. The molecule has 0 amide bonds. The van der Waals surface area contributed by atoms with Crippen LogP contribution in [0.1, 0.15) is 25.0 Å². The van der Waals surface area contributed by atoms with Crippen molar-refractivity contribution >= 4 is 15.9 Å². The van der Waals surface area contributed by atoms with Crippen molar-refractivity contribution in [2.24, 2.45) is 0 Å². The van der Waals surface area contributed by atoms with Crippen LogP contribution in [0.2, 0.25) is 0 Å². The van der Waals surface area contributed by atoms with Crippen LogP contribution < -0.4 is 4.74 Å². The van der Waals surface area contributed by atoms with Crippen molar-refractivity contribution in [2.75, 3.05) is 20.3 Å². The van der Waals surface area contributed by atoms with Gasteiger partial charge in [0.2, 0.25) is 0 Å². The van der Waals surface area contributed by atoms with Crippen LogP contribution in [-0.4, -0.2) is 25.4 Å². The molecular formula is C12H17BrO3. The lowest BCUT2D eigenvalue weighted by Crippen LogP contribution is -2.04. The van der Waals surface area contributed by atoms with E-state index in [2.05, 4.69) is 15.9 Å². The molecule has 1 aromatic rings. The average molecular weight is 289 g/mol. The number of ether oxygens (including phenoxy) is 2. The minimum absolute atomic E-state index is 0.523. The summed E-state index contributed by atoms with van der Waals surface area (Å²) < 4.78 is 11.5. The zero-order valence-corrected chi connectivity index (χ0v) is 11.2. The Morgan fingerprint density at radius 1 is 1.38 bits per heavy atom. The van der Waals surface area contributed by atoms with E-state index < -0.39 is 6.10 Å². The number of rotatable bonds is 6. The maximum Gasteiger partial charge on any atom is 0.126 e. The van der Waals surface area contributed by atoms with Gasteiger partial charge in [0.25, 0.3) is 0 Å². The molecule has 0 spiro atoms. The number of aliphatic hydroxyl groups is 1. The standard InChI is InChI=1S/C12H17BrO3/c1-9(14)11-5-4-10(13)8-12(11)16-7-3-6-15-2/h4-5,8-9,14H,3,6-7H2,1-2H3. The fourth-order valence-electron chi connectivity index (χ4n) is 1.36. The van der Waals surface area contributed by atoms with E-state index in [1.165, 1.54) is 0 Å². The van der Waals surface area contributed by atoms with E-state index in [1.54, 1.807) is 14.0 Å². The molecule has 0 heterocycles. The molecule has 0 aliphatic carbocycles. The lowest BCUT2D eigenvalue weighted by Gasteiger charge is -2.13. The molecule has 0 radical (unpaired) electrons. The number of hydrogen-bond acceptors (Lipinski definition) is 3. The van der Waals surface area contributed by atoms with Gasteiger partial charge in [0.05, 0.1) is 12.7 Å². The van der Waals surface area contributed by atoms with Crippen molar-refractivity contribution in [3.8, 4) is 5.75 Å². The first-order valence-corrected chi connectivity index (χ1v) is 6.03. The normalized spacial score (nSPS) is 12.5. The second kappa shape index (κ2) is 6.89. The van der Waals surface area contributed by atoms with Crippen LogP contribution in [0.5, 0.6) is 5.75 Å². The summed E-state index contributed by atoms with van der Waals surface area (Å²) in [6, 6.07) is 5.62. The smallest absolute Gasteiger partial charge is 0.126 e. The number of hydrogen-bond donors (Lipinski definition) is 1. The van der Waals surface area contributed by atoms with Crippen LogP contribution in [0.25, 0.3) is 0 Å². The largest absolute Gasteiger partial charge is 0.493 e. The summed E-state index contributed by atoms with van der Waals surface area (Å²) in [6.07, 6.45) is 0.313. The van der Waals surface area contributed by atoms with E-state index in [0.717, 1.165) is 22.2 Å². The highest BCUT2D eigenvalue weighted by molar-refractivity contribution is 9.10. The molecule has 0 fully saturated rings. The van der Waals surface area contributed by atoms with Crippen molar-refractivity contribution in [2.45, 2.75) is 19.4 Å². The SMILES string of the molecule is COCCCOc1cc(Br)ccc1C(C)O. The maximum absolute atomic E-state index is 9.58. The van der Waals surface area contributed by atoms with Gasteiger partial charge in [0.1, 0.15) is 5.75 Å². The van der Waals surface area contributed by atoms with E-state index in [-0.39, 0.29) is 0 Å². The van der Waals surface area contributed by atoms with Crippen LogP contribution >= 0.6 is 15.9 Å². The Bertz CT molecular complexity index is 326. The zero-order valence-electron chi connectivity index (χ0n) is 9.57. The molecule has 16 heavy (non-hydrogen) atoms. The lowest BCUT2D eigenvalue weighted by atomic mass is 10.1. The predicted molar refractivity (Wildman–Crippen MR) is 66.8 cm³/mol. The fourth-order valence-corrected chi connectivity index (χ4v) is 1.70. The predicted octanol–water partition coefficient (Wildman–Crippen LogP) is 2.92. The van der Waals surface area contributed by atoms with Crippen LogP contribution in [0, 0.1) is 0 Å². The summed E-state index contributed by atoms with van der Waals surface area (Å²) in [5, 5.41) is 9.58. The highest BCUT2D eigenvalue weighted by atomic mass is 79.9. The number of aliphatic hydroxyl groups excluding tert-OH is 1. The van der Waals surface area contributed by atoms with Gasteiger partial charge in [-0.15, -0.1) is 0 Å². The van der Waals surface area contributed by atoms with Crippen molar-refractivity contribution < 1.29 is 14.6 Å².